The summed E-state index contributed by atoms with van der Waals surface area (Å²) in [6, 6.07) is 22.8. The van der Waals surface area contributed by atoms with Gasteiger partial charge in [0.2, 0.25) is 5.91 Å². The Hall–Kier alpha value is -2.73. The first-order chi connectivity index (χ1) is 16.5. The second-order valence-corrected chi connectivity index (χ2v) is 9.38. The molecule has 3 aromatic carbocycles. The fraction of sp³-hybridized carbons (Fsp3) is 0.321. The maximum Gasteiger partial charge on any atom is 0.237 e. The third kappa shape index (κ3) is 6.44. The molecule has 6 heteroatoms. The zero-order valence-corrected chi connectivity index (χ0v) is 20.2. The largest absolute Gasteiger partial charge is 0.354 e. The first kappa shape index (κ1) is 24.4. The number of nitrogens with zero attached hydrogens (tertiary/aromatic N) is 1. The third-order valence-corrected chi connectivity index (χ3v) is 6.71. The van der Waals surface area contributed by atoms with Crippen LogP contribution in [0.5, 0.6) is 0 Å². The quantitative estimate of drug-likeness (QED) is 0.460. The lowest BCUT2D eigenvalue weighted by atomic mass is 10.1. The summed E-state index contributed by atoms with van der Waals surface area (Å²) in [5.74, 6) is -0.251. The molecule has 0 aromatic heterocycles. The van der Waals surface area contributed by atoms with Gasteiger partial charge in [-0.15, -0.1) is 0 Å². The number of hydrogen-bond donors (Lipinski definition) is 2. The van der Waals surface area contributed by atoms with Crippen molar-refractivity contribution >= 4 is 17.5 Å². The van der Waals surface area contributed by atoms with Crippen LogP contribution in [-0.4, -0.2) is 36.0 Å². The number of hydrogen-bond acceptors (Lipinski definition) is 3. The molecule has 3 aromatic rings. The van der Waals surface area contributed by atoms with E-state index in [1.54, 1.807) is 12.1 Å². The maximum absolute atomic E-state index is 13.9. The molecule has 0 unspecified atom stereocenters. The maximum atomic E-state index is 13.9. The van der Waals surface area contributed by atoms with Gasteiger partial charge in [-0.25, -0.2) is 4.39 Å². The summed E-state index contributed by atoms with van der Waals surface area (Å²) in [7, 11) is 0. The zero-order valence-electron chi connectivity index (χ0n) is 19.4. The fourth-order valence-electron chi connectivity index (χ4n) is 4.57. The summed E-state index contributed by atoms with van der Waals surface area (Å²) < 4.78 is 13.9. The summed E-state index contributed by atoms with van der Waals surface area (Å²) >= 11 is 6.19. The van der Waals surface area contributed by atoms with Crippen molar-refractivity contribution in [2.75, 3.05) is 13.1 Å². The molecule has 0 aliphatic carbocycles. The van der Waals surface area contributed by atoms with Crippen molar-refractivity contribution in [3.8, 4) is 0 Å². The number of aryl methyl sites for hydroxylation is 1. The molecule has 1 aliphatic heterocycles. The van der Waals surface area contributed by atoms with Crippen LogP contribution in [0.25, 0.3) is 0 Å². The van der Waals surface area contributed by atoms with Crippen molar-refractivity contribution in [3.05, 3.63) is 106 Å². The van der Waals surface area contributed by atoms with Crippen LogP contribution < -0.4 is 10.6 Å². The molecule has 178 valence electrons. The molecule has 4 rings (SSSR count). The number of likely N-dealkylation sites (tertiary alicyclic amines) is 1. The van der Waals surface area contributed by atoms with Crippen LogP contribution in [0.2, 0.25) is 5.02 Å². The average Bonchev–Trinajstić information content (AvgIpc) is 3.22. The van der Waals surface area contributed by atoms with E-state index in [0.29, 0.717) is 30.1 Å². The normalized spacial score (nSPS) is 18.2. The van der Waals surface area contributed by atoms with Gasteiger partial charge in [0.05, 0.1) is 6.04 Å². The van der Waals surface area contributed by atoms with Crippen molar-refractivity contribution in [2.45, 2.75) is 44.9 Å². The lowest BCUT2D eigenvalue weighted by Gasteiger charge is -2.23. The fourth-order valence-corrected chi connectivity index (χ4v) is 4.78. The van der Waals surface area contributed by atoms with Crippen molar-refractivity contribution in [1.82, 2.24) is 15.5 Å². The van der Waals surface area contributed by atoms with Crippen LogP contribution in [0.15, 0.2) is 72.8 Å². The smallest absolute Gasteiger partial charge is 0.237 e. The number of carbonyl (C=O) groups is 1. The minimum absolute atomic E-state index is 0.0152. The van der Waals surface area contributed by atoms with Crippen LogP contribution in [0.1, 0.15) is 28.7 Å². The van der Waals surface area contributed by atoms with Gasteiger partial charge in [-0.3, -0.25) is 9.69 Å². The summed E-state index contributed by atoms with van der Waals surface area (Å²) in [5.41, 5.74) is 4.21. The van der Waals surface area contributed by atoms with E-state index in [9.17, 15) is 9.18 Å². The molecule has 1 saturated heterocycles. The zero-order chi connectivity index (χ0) is 23.9. The average molecular weight is 480 g/mol. The molecule has 4 nitrogen and oxygen atoms in total. The lowest BCUT2D eigenvalue weighted by Crippen LogP contribution is -2.43. The molecule has 1 heterocycles. The minimum Gasteiger partial charge on any atom is -0.354 e. The SMILES string of the molecule is Cc1ccccc1CN[C@H]1C[C@@H](C(=O)NCCc2ccccc2F)N(Cc2cccc(Cl)c2)C1. The Morgan fingerprint density at radius 2 is 1.82 bits per heavy atom. The highest BCUT2D eigenvalue weighted by atomic mass is 35.5. The first-order valence-electron chi connectivity index (χ1n) is 11.8. The Morgan fingerprint density at radius 1 is 1.06 bits per heavy atom. The lowest BCUT2D eigenvalue weighted by molar-refractivity contribution is -0.125. The Bertz CT molecular complexity index is 1120. The van der Waals surface area contributed by atoms with Gasteiger partial charge in [0.15, 0.2) is 0 Å². The number of carbonyl (C=O) groups excluding carboxylic acids is 1. The molecule has 1 amide bonds. The Labute approximate surface area is 206 Å². The van der Waals surface area contributed by atoms with E-state index in [2.05, 4.69) is 40.7 Å². The van der Waals surface area contributed by atoms with Gasteiger partial charge >= 0.3 is 0 Å². The molecule has 0 spiro atoms. The molecule has 1 fully saturated rings. The molecule has 0 bridgehead atoms. The van der Waals surface area contributed by atoms with E-state index in [-0.39, 0.29) is 23.8 Å². The number of amides is 1. The van der Waals surface area contributed by atoms with Gasteiger partial charge in [0.1, 0.15) is 5.82 Å². The molecule has 1 aliphatic rings. The van der Waals surface area contributed by atoms with Gasteiger partial charge < -0.3 is 10.6 Å². The number of rotatable bonds is 9. The standard InChI is InChI=1S/C28H31ClFN3O/c1-20-7-2-3-10-23(20)17-32-25-16-27(33(19-25)18-21-8-6-11-24(29)15-21)28(34)31-14-13-22-9-4-5-12-26(22)30/h2-12,15,25,27,32H,13-14,16-19H2,1H3,(H,31,34)/t25-,27-/m0/s1. The molecule has 0 radical (unpaired) electrons. The van der Waals surface area contributed by atoms with E-state index in [4.69, 9.17) is 11.6 Å². The molecule has 2 atom stereocenters. The number of halogens is 2. The number of benzene rings is 3. The van der Waals surface area contributed by atoms with Crippen LogP contribution in [0, 0.1) is 12.7 Å². The molecular weight excluding hydrogens is 449 g/mol. The Kier molecular flexibility index (Phi) is 8.33. The van der Waals surface area contributed by atoms with Crippen molar-refractivity contribution < 1.29 is 9.18 Å². The predicted molar refractivity (Wildman–Crippen MR) is 135 cm³/mol. The van der Waals surface area contributed by atoms with E-state index in [1.807, 2.05) is 36.4 Å². The van der Waals surface area contributed by atoms with Crippen molar-refractivity contribution in [3.63, 3.8) is 0 Å². The van der Waals surface area contributed by atoms with E-state index < -0.39 is 0 Å². The van der Waals surface area contributed by atoms with E-state index >= 15 is 0 Å². The van der Waals surface area contributed by atoms with Gasteiger partial charge in [-0.2, -0.15) is 0 Å². The molecule has 0 saturated carbocycles. The first-order valence-corrected chi connectivity index (χ1v) is 12.1. The monoisotopic (exact) mass is 479 g/mol. The molecular formula is C28H31ClFN3O. The van der Waals surface area contributed by atoms with Gasteiger partial charge in [-0.1, -0.05) is 66.2 Å². The summed E-state index contributed by atoms with van der Waals surface area (Å²) in [6.45, 7) is 4.70. The number of nitrogens with one attached hydrogen (secondary N) is 2. The second kappa shape index (κ2) is 11.6. The van der Waals surface area contributed by atoms with E-state index in [0.717, 1.165) is 25.1 Å². The second-order valence-electron chi connectivity index (χ2n) is 8.95. The Balaban J connectivity index is 1.40. The summed E-state index contributed by atoms with van der Waals surface area (Å²) in [5, 5.41) is 7.36. The highest BCUT2D eigenvalue weighted by molar-refractivity contribution is 6.30. The Morgan fingerprint density at radius 3 is 2.59 bits per heavy atom. The molecule has 34 heavy (non-hydrogen) atoms. The van der Waals surface area contributed by atoms with Crippen molar-refractivity contribution in [2.24, 2.45) is 0 Å². The van der Waals surface area contributed by atoms with Crippen LogP contribution >= 0.6 is 11.6 Å². The topological polar surface area (TPSA) is 44.4 Å². The third-order valence-electron chi connectivity index (χ3n) is 6.47. The van der Waals surface area contributed by atoms with Crippen molar-refractivity contribution in [1.29, 1.82) is 0 Å². The highest BCUT2D eigenvalue weighted by Gasteiger charge is 2.36. The highest BCUT2D eigenvalue weighted by Crippen LogP contribution is 2.23. The molecule has 2 N–H and O–H groups in total. The van der Waals surface area contributed by atoms with Gasteiger partial charge in [-0.05, 0) is 60.2 Å². The summed E-state index contributed by atoms with van der Waals surface area (Å²) in [6.07, 6.45) is 1.19. The summed E-state index contributed by atoms with van der Waals surface area (Å²) in [4.78, 5) is 15.4. The van der Waals surface area contributed by atoms with Crippen LogP contribution in [0.3, 0.4) is 0 Å². The van der Waals surface area contributed by atoms with Crippen LogP contribution in [0.4, 0.5) is 4.39 Å². The van der Waals surface area contributed by atoms with E-state index in [1.165, 1.54) is 17.2 Å². The van der Waals surface area contributed by atoms with Gasteiger partial charge in [0.25, 0.3) is 0 Å². The predicted octanol–water partition coefficient (Wildman–Crippen LogP) is 4.88. The van der Waals surface area contributed by atoms with Crippen LogP contribution in [-0.2, 0) is 24.3 Å². The van der Waals surface area contributed by atoms with Gasteiger partial charge in [0, 0.05) is 37.2 Å². The minimum atomic E-state index is -0.256.